The number of carbonyl (C=O) groups excluding carboxylic acids is 1. The van der Waals surface area contributed by atoms with Gasteiger partial charge in [0, 0.05) is 24.7 Å². The van der Waals surface area contributed by atoms with E-state index >= 15 is 0 Å². The molecule has 0 bridgehead atoms. The summed E-state index contributed by atoms with van der Waals surface area (Å²) in [5.74, 6) is -0.908. The van der Waals surface area contributed by atoms with E-state index in [0.29, 0.717) is 16.6 Å². The predicted molar refractivity (Wildman–Crippen MR) is 109 cm³/mol. The van der Waals surface area contributed by atoms with Crippen molar-refractivity contribution in [2.45, 2.75) is 19.5 Å². The molecule has 1 heterocycles. The second kappa shape index (κ2) is 8.73. The molecule has 1 aliphatic heterocycles. The molecule has 1 aliphatic rings. The SMILES string of the molecule is CC(=O)N(c1ccc(Cl)cc1F)C1CSC(=Nc2ccc(OC(F)(F)F)cc2)N1C. The number of amides is 1. The Morgan fingerprint density at radius 2 is 1.93 bits per heavy atom. The van der Waals surface area contributed by atoms with E-state index in [1.807, 2.05) is 0 Å². The quantitative estimate of drug-likeness (QED) is 0.570. The van der Waals surface area contributed by atoms with Crippen LogP contribution in [0.3, 0.4) is 0 Å². The molecular weight excluding hydrogens is 446 g/mol. The van der Waals surface area contributed by atoms with Crippen LogP contribution in [-0.4, -0.2) is 41.3 Å². The van der Waals surface area contributed by atoms with Gasteiger partial charge in [-0.3, -0.25) is 9.69 Å². The number of hydrogen-bond acceptors (Lipinski definition) is 4. The summed E-state index contributed by atoms with van der Waals surface area (Å²) in [6.45, 7) is 1.33. The van der Waals surface area contributed by atoms with E-state index in [-0.39, 0.29) is 22.4 Å². The minimum Gasteiger partial charge on any atom is -0.406 e. The van der Waals surface area contributed by atoms with Gasteiger partial charge in [-0.05, 0) is 42.5 Å². The largest absolute Gasteiger partial charge is 0.573 e. The molecule has 1 unspecified atom stereocenters. The molecule has 2 aromatic rings. The maximum absolute atomic E-state index is 14.4. The number of amidine groups is 1. The van der Waals surface area contributed by atoms with Gasteiger partial charge >= 0.3 is 6.36 Å². The Balaban J connectivity index is 1.81. The Morgan fingerprint density at radius 3 is 2.50 bits per heavy atom. The molecule has 160 valence electrons. The lowest BCUT2D eigenvalue weighted by Crippen LogP contribution is -2.48. The number of hydrogen-bond donors (Lipinski definition) is 0. The minimum absolute atomic E-state index is 0.0965. The number of aliphatic imine (C=N–C) groups is 1. The molecule has 2 aromatic carbocycles. The van der Waals surface area contributed by atoms with Gasteiger partial charge in [0.25, 0.3) is 0 Å². The van der Waals surface area contributed by atoms with Crippen molar-refractivity contribution < 1.29 is 27.1 Å². The van der Waals surface area contributed by atoms with Gasteiger partial charge in [0.1, 0.15) is 17.7 Å². The Labute approximate surface area is 179 Å². The van der Waals surface area contributed by atoms with Crippen LogP contribution in [0.25, 0.3) is 0 Å². The topological polar surface area (TPSA) is 45.1 Å². The Hall–Kier alpha value is -2.46. The summed E-state index contributed by atoms with van der Waals surface area (Å²) in [4.78, 5) is 19.7. The fourth-order valence-electron chi connectivity index (χ4n) is 2.90. The summed E-state index contributed by atoms with van der Waals surface area (Å²) >= 11 is 7.14. The first-order chi connectivity index (χ1) is 14.0. The first-order valence-corrected chi connectivity index (χ1v) is 9.96. The predicted octanol–water partition coefficient (Wildman–Crippen LogP) is 5.42. The van der Waals surface area contributed by atoms with Crippen LogP contribution in [0.4, 0.5) is 28.9 Å². The van der Waals surface area contributed by atoms with Crippen LogP contribution in [0.2, 0.25) is 5.02 Å². The molecule has 0 N–H and O–H groups in total. The zero-order valence-electron chi connectivity index (χ0n) is 15.8. The molecule has 0 radical (unpaired) electrons. The van der Waals surface area contributed by atoms with Crippen LogP contribution in [0.5, 0.6) is 5.75 Å². The number of nitrogens with zero attached hydrogens (tertiary/aromatic N) is 3. The number of carbonyl (C=O) groups is 1. The van der Waals surface area contributed by atoms with E-state index in [9.17, 15) is 22.4 Å². The standard InChI is InChI=1S/C19H16ClF4N3O2S/c1-11(28)27(16-8-3-12(20)9-15(16)21)17-10-30-18(26(17)2)25-13-4-6-14(7-5-13)29-19(22,23)24/h3-9,17H,10H2,1-2H3. The van der Waals surface area contributed by atoms with Gasteiger partial charge in [-0.15, -0.1) is 13.2 Å². The highest BCUT2D eigenvalue weighted by atomic mass is 35.5. The van der Waals surface area contributed by atoms with E-state index in [4.69, 9.17) is 11.6 Å². The van der Waals surface area contributed by atoms with Gasteiger partial charge in [-0.2, -0.15) is 0 Å². The van der Waals surface area contributed by atoms with Crippen molar-refractivity contribution in [3.63, 3.8) is 0 Å². The van der Waals surface area contributed by atoms with Crippen LogP contribution < -0.4 is 9.64 Å². The Kier molecular flexibility index (Phi) is 6.47. The monoisotopic (exact) mass is 461 g/mol. The van der Waals surface area contributed by atoms with Crippen molar-refractivity contribution in [2.24, 2.45) is 4.99 Å². The van der Waals surface area contributed by atoms with Crippen LogP contribution >= 0.6 is 23.4 Å². The van der Waals surface area contributed by atoms with Crippen molar-refractivity contribution in [1.29, 1.82) is 0 Å². The second-order valence-electron chi connectivity index (χ2n) is 6.32. The van der Waals surface area contributed by atoms with Crippen LogP contribution in [0.15, 0.2) is 47.5 Å². The van der Waals surface area contributed by atoms with Gasteiger partial charge < -0.3 is 9.64 Å². The molecule has 30 heavy (non-hydrogen) atoms. The lowest BCUT2D eigenvalue weighted by Gasteiger charge is -2.33. The lowest BCUT2D eigenvalue weighted by molar-refractivity contribution is -0.274. The molecule has 1 fully saturated rings. The molecule has 0 aromatic heterocycles. The molecule has 5 nitrogen and oxygen atoms in total. The first-order valence-electron chi connectivity index (χ1n) is 8.60. The van der Waals surface area contributed by atoms with Gasteiger partial charge in [0.15, 0.2) is 5.17 Å². The summed E-state index contributed by atoms with van der Waals surface area (Å²) < 4.78 is 55.1. The van der Waals surface area contributed by atoms with Crippen molar-refractivity contribution in [3.8, 4) is 5.75 Å². The fraction of sp³-hybridized carbons (Fsp3) is 0.263. The molecular formula is C19H16ClF4N3O2S. The highest BCUT2D eigenvalue weighted by Crippen LogP contribution is 2.33. The Morgan fingerprint density at radius 1 is 1.27 bits per heavy atom. The number of benzene rings is 2. The third kappa shape index (κ3) is 5.17. The summed E-state index contributed by atoms with van der Waals surface area (Å²) in [7, 11) is 1.70. The number of halogens is 5. The third-order valence-electron chi connectivity index (χ3n) is 4.21. The van der Waals surface area contributed by atoms with E-state index in [1.165, 1.54) is 47.9 Å². The molecule has 0 aliphatic carbocycles. The number of thioether (sulfide) groups is 1. The number of ether oxygens (including phenoxy) is 1. The smallest absolute Gasteiger partial charge is 0.406 e. The van der Waals surface area contributed by atoms with Gasteiger partial charge in [-0.1, -0.05) is 23.4 Å². The average Bonchev–Trinajstić information content (AvgIpc) is 2.98. The molecule has 0 spiro atoms. The lowest BCUT2D eigenvalue weighted by atomic mass is 10.2. The van der Waals surface area contributed by atoms with E-state index in [1.54, 1.807) is 11.9 Å². The molecule has 1 saturated heterocycles. The number of anilines is 1. The highest BCUT2D eigenvalue weighted by Gasteiger charge is 2.35. The van der Waals surface area contributed by atoms with Crippen molar-refractivity contribution in [2.75, 3.05) is 17.7 Å². The third-order valence-corrected chi connectivity index (χ3v) is 5.55. The maximum Gasteiger partial charge on any atom is 0.573 e. The molecule has 3 rings (SSSR count). The van der Waals surface area contributed by atoms with Crippen molar-refractivity contribution in [1.82, 2.24) is 4.90 Å². The zero-order valence-corrected chi connectivity index (χ0v) is 17.4. The summed E-state index contributed by atoms with van der Waals surface area (Å²) in [5.41, 5.74) is 0.505. The molecule has 1 atom stereocenters. The van der Waals surface area contributed by atoms with E-state index < -0.39 is 18.3 Å². The Bertz CT molecular complexity index is 969. The van der Waals surface area contributed by atoms with E-state index in [0.717, 1.165) is 18.2 Å². The van der Waals surface area contributed by atoms with Gasteiger partial charge in [0.2, 0.25) is 5.91 Å². The number of rotatable bonds is 4. The van der Waals surface area contributed by atoms with E-state index in [2.05, 4.69) is 9.73 Å². The maximum atomic E-state index is 14.4. The van der Waals surface area contributed by atoms with Crippen LogP contribution in [0, 0.1) is 5.82 Å². The first kappa shape index (κ1) is 22.2. The average molecular weight is 462 g/mol. The minimum atomic E-state index is -4.77. The normalized spacial score (nSPS) is 18.0. The number of alkyl halides is 3. The fourth-order valence-corrected chi connectivity index (χ4v) is 4.22. The second-order valence-corrected chi connectivity index (χ2v) is 7.75. The molecule has 0 saturated carbocycles. The molecule has 1 amide bonds. The van der Waals surface area contributed by atoms with Crippen molar-refractivity contribution >= 4 is 45.8 Å². The summed E-state index contributed by atoms with van der Waals surface area (Å²) in [6.07, 6.45) is -5.27. The van der Waals surface area contributed by atoms with Gasteiger partial charge in [-0.25, -0.2) is 9.38 Å². The molecule has 11 heteroatoms. The zero-order chi connectivity index (χ0) is 22.1. The van der Waals surface area contributed by atoms with Crippen molar-refractivity contribution in [3.05, 3.63) is 53.3 Å². The highest BCUT2D eigenvalue weighted by molar-refractivity contribution is 8.14. The summed E-state index contributed by atoms with van der Waals surface area (Å²) in [6, 6.07) is 9.16. The summed E-state index contributed by atoms with van der Waals surface area (Å²) in [5, 5.41) is 0.749. The van der Waals surface area contributed by atoms with Crippen LogP contribution in [-0.2, 0) is 4.79 Å². The van der Waals surface area contributed by atoms with Gasteiger partial charge in [0.05, 0.1) is 11.4 Å². The van der Waals surface area contributed by atoms with Crippen LogP contribution in [0.1, 0.15) is 6.92 Å².